The van der Waals surface area contributed by atoms with Crippen LogP contribution in [0.15, 0.2) is 24.3 Å². The van der Waals surface area contributed by atoms with Crippen LogP contribution in [0, 0.1) is 0 Å². The number of nitrogens with one attached hydrogen (secondary N) is 1. The molecule has 0 atom stereocenters. The van der Waals surface area contributed by atoms with Crippen molar-refractivity contribution in [3.05, 3.63) is 29.3 Å². The second kappa shape index (κ2) is 5.38. The molecule has 0 amide bonds. The Kier molecular flexibility index (Phi) is 4.43. The molecule has 1 aromatic carbocycles. The topological polar surface area (TPSA) is 21.3 Å². The maximum atomic E-state index is 5.99. The van der Waals surface area contributed by atoms with Crippen LogP contribution in [-0.2, 0) is 4.74 Å². The summed E-state index contributed by atoms with van der Waals surface area (Å²) in [5, 5.41) is 3.97. The average Bonchev–Trinajstić information content (AvgIpc) is 2.13. The smallest absolute Gasteiger partial charge is 0.0646 e. The third-order valence-corrected chi connectivity index (χ3v) is 2.16. The van der Waals surface area contributed by atoms with Gasteiger partial charge in [0.05, 0.1) is 22.9 Å². The summed E-state index contributed by atoms with van der Waals surface area (Å²) in [6.45, 7) is 7.57. The molecule has 0 fully saturated rings. The van der Waals surface area contributed by atoms with Gasteiger partial charge in [-0.15, -0.1) is 0 Å². The Hall–Kier alpha value is -0.730. The summed E-state index contributed by atoms with van der Waals surface area (Å²) in [5.41, 5.74) is 0.874. The maximum Gasteiger partial charge on any atom is 0.0646 e. The fourth-order valence-electron chi connectivity index (χ4n) is 1.15. The number of benzene rings is 1. The second-order valence-electron chi connectivity index (χ2n) is 4.37. The minimum atomic E-state index is -0.0812. The summed E-state index contributed by atoms with van der Waals surface area (Å²) in [7, 11) is 0. The van der Waals surface area contributed by atoms with Gasteiger partial charge < -0.3 is 10.1 Å². The zero-order valence-corrected chi connectivity index (χ0v) is 10.3. The molecule has 1 N–H and O–H groups in total. The maximum absolute atomic E-state index is 5.99. The molecule has 3 heteroatoms. The van der Waals surface area contributed by atoms with Crippen molar-refractivity contribution >= 4 is 17.3 Å². The molecule has 1 aromatic rings. The molecule has 2 nitrogen and oxygen atoms in total. The standard InChI is InChI=1S/C12H18ClNO/c1-12(2,3)15-9-8-14-11-7-5-4-6-10(11)13/h4-7,14H,8-9H2,1-3H3. The van der Waals surface area contributed by atoms with Crippen LogP contribution in [0.2, 0.25) is 5.02 Å². The lowest BCUT2D eigenvalue weighted by molar-refractivity contribution is 0.00334. The number of rotatable bonds is 4. The van der Waals surface area contributed by atoms with Crippen LogP contribution in [0.1, 0.15) is 20.8 Å². The van der Waals surface area contributed by atoms with Crippen molar-refractivity contribution in [3.8, 4) is 0 Å². The zero-order chi connectivity index (χ0) is 11.3. The number of para-hydroxylation sites is 1. The molecule has 0 aliphatic rings. The van der Waals surface area contributed by atoms with Crippen LogP contribution < -0.4 is 5.32 Å². The van der Waals surface area contributed by atoms with Gasteiger partial charge in [0.15, 0.2) is 0 Å². The third-order valence-electron chi connectivity index (χ3n) is 1.83. The number of hydrogen-bond acceptors (Lipinski definition) is 2. The second-order valence-corrected chi connectivity index (χ2v) is 4.77. The summed E-state index contributed by atoms with van der Waals surface area (Å²) in [4.78, 5) is 0. The molecule has 0 heterocycles. The first-order valence-electron chi connectivity index (χ1n) is 5.11. The highest BCUT2D eigenvalue weighted by atomic mass is 35.5. The Bertz CT molecular complexity index is 307. The number of ether oxygens (including phenoxy) is 1. The van der Waals surface area contributed by atoms with Crippen LogP contribution in [0.3, 0.4) is 0 Å². The van der Waals surface area contributed by atoms with Crippen molar-refractivity contribution in [2.45, 2.75) is 26.4 Å². The summed E-state index contributed by atoms with van der Waals surface area (Å²) < 4.78 is 5.59. The molecule has 0 saturated carbocycles. The molecule has 15 heavy (non-hydrogen) atoms. The summed E-state index contributed by atoms with van der Waals surface area (Å²) >= 11 is 5.99. The van der Waals surface area contributed by atoms with Gasteiger partial charge in [-0.25, -0.2) is 0 Å². The van der Waals surface area contributed by atoms with Crippen molar-refractivity contribution in [2.24, 2.45) is 0 Å². The summed E-state index contributed by atoms with van der Waals surface area (Å²) in [6, 6.07) is 7.70. The van der Waals surface area contributed by atoms with Gasteiger partial charge in [0.1, 0.15) is 0 Å². The summed E-state index contributed by atoms with van der Waals surface area (Å²) in [6.07, 6.45) is 0. The predicted molar refractivity (Wildman–Crippen MR) is 65.6 cm³/mol. The molecule has 84 valence electrons. The highest BCUT2D eigenvalue weighted by Crippen LogP contribution is 2.19. The Labute approximate surface area is 96.6 Å². The Morgan fingerprint density at radius 2 is 1.93 bits per heavy atom. The van der Waals surface area contributed by atoms with Gasteiger partial charge in [0.25, 0.3) is 0 Å². The molecule has 0 bridgehead atoms. The van der Waals surface area contributed by atoms with Gasteiger partial charge in [0, 0.05) is 6.54 Å². The van der Waals surface area contributed by atoms with Crippen molar-refractivity contribution in [1.29, 1.82) is 0 Å². The minimum absolute atomic E-state index is 0.0812. The van der Waals surface area contributed by atoms with Gasteiger partial charge >= 0.3 is 0 Å². The number of hydrogen-bond donors (Lipinski definition) is 1. The van der Waals surface area contributed by atoms with E-state index in [1.807, 2.05) is 45.0 Å². The Morgan fingerprint density at radius 1 is 1.27 bits per heavy atom. The molecule has 0 saturated heterocycles. The molecule has 0 unspecified atom stereocenters. The quantitative estimate of drug-likeness (QED) is 0.795. The molecular weight excluding hydrogens is 210 g/mol. The molecule has 1 rings (SSSR count). The van der Waals surface area contributed by atoms with Gasteiger partial charge in [0.2, 0.25) is 0 Å². The first-order chi connectivity index (χ1) is 6.99. The van der Waals surface area contributed by atoms with E-state index in [-0.39, 0.29) is 5.60 Å². The molecular formula is C12H18ClNO. The van der Waals surface area contributed by atoms with Gasteiger partial charge in [-0.2, -0.15) is 0 Å². The highest BCUT2D eigenvalue weighted by molar-refractivity contribution is 6.33. The van der Waals surface area contributed by atoms with Crippen LogP contribution in [0.25, 0.3) is 0 Å². The van der Waals surface area contributed by atoms with Crippen LogP contribution in [0.5, 0.6) is 0 Å². The van der Waals surface area contributed by atoms with Crippen LogP contribution in [0.4, 0.5) is 5.69 Å². The van der Waals surface area contributed by atoms with Gasteiger partial charge in [-0.1, -0.05) is 23.7 Å². The first-order valence-corrected chi connectivity index (χ1v) is 5.49. The van der Waals surface area contributed by atoms with E-state index in [1.54, 1.807) is 0 Å². The van der Waals surface area contributed by atoms with Gasteiger partial charge in [-0.3, -0.25) is 0 Å². The average molecular weight is 228 g/mol. The zero-order valence-electron chi connectivity index (χ0n) is 9.51. The number of halogens is 1. The van der Waals surface area contributed by atoms with Crippen molar-refractivity contribution < 1.29 is 4.74 Å². The molecule has 0 aliphatic carbocycles. The van der Waals surface area contributed by atoms with E-state index in [4.69, 9.17) is 16.3 Å². The van der Waals surface area contributed by atoms with Crippen LogP contribution in [-0.4, -0.2) is 18.8 Å². The third kappa shape index (κ3) is 5.05. The first kappa shape index (κ1) is 12.3. The Balaban J connectivity index is 2.30. The lowest BCUT2D eigenvalue weighted by atomic mass is 10.2. The van der Waals surface area contributed by atoms with Crippen molar-refractivity contribution in [3.63, 3.8) is 0 Å². The minimum Gasteiger partial charge on any atom is -0.382 e. The van der Waals surface area contributed by atoms with E-state index in [2.05, 4.69) is 5.32 Å². The van der Waals surface area contributed by atoms with Crippen LogP contribution >= 0.6 is 11.6 Å². The normalized spacial score (nSPS) is 11.5. The van der Waals surface area contributed by atoms with E-state index in [9.17, 15) is 0 Å². The van der Waals surface area contributed by atoms with E-state index < -0.39 is 0 Å². The predicted octanol–water partition coefficient (Wildman–Crippen LogP) is 3.57. The van der Waals surface area contributed by atoms with E-state index in [1.165, 1.54) is 0 Å². The van der Waals surface area contributed by atoms with E-state index in [0.717, 1.165) is 17.3 Å². The monoisotopic (exact) mass is 227 g/mol. The summed E-state index contributed by atoms with van der Waals surface area (Å²) in [5.74, 6) is 0. The fraction of sp³-hybridized carbons (Fsp3) is 0.500. The lowest BCUT2D eigenvalue weighted by Gasteiger charge is -2.19. The highest BCUT2D eigenvalue weighted by Gasteiger charge is 2.08. The largest absolute Gasteiger partial charge is 0.382 e. The molecule has 0 spiro atoms. The molecule has 0 aliphatic heterocycles. The molecule has 0 aromatic heterocycles. The molecule has 0 radical (unpaired) electrons. The lowest BCUT2D eigenvalue weighted by Crippen LogP contribution is -2.23. The number of anilines is 1. The SMILES string of the molecule is CC(C)(C)OCCNc1ccccc1Cl. The fourth-order valence-corrected chi connectivity index (χ4v) is 1.35. The Morgan fingerprint density at radius 3 is 2.53 bits per heavy atom. The van der Waals surface area contributed by atoms with Gasteiger partial charge in [-0.05, 0) is 32.9 Å². The van der Waals surface area contributed by atoms with Crippen molar-refractivity contribution in [1.82, 2.24) is 0 Å². The van der Waals surface area contributed by atoms with E-state index in [0.29, 0.717) is 6.61 Å². The van der Waals surface area contributed by atoms with Crippen molar-refractivity contribution in [2.75, 3.05) is 18.5 Å². The van der Waals surface area contributed by atoms with E-state index >= 15 is 0 Å².